The van der Waals surface area contributed by atoms with Crippen molar-refractivity contribution in [3.8, 4) is 0 Å². The highest BCUT2D eigenvalue weighted by atomic mass is 19.1. The number of halogens is 2. The van der Waals surface area contributed by atoms with Crippen molar-refractivity contribution in [3.05, 3.63) is 71.6 Å². The number of rotatable bonds is 6. The van der Waals surface area contributed by atoms with Gasteiger partial charge in [-0.25, -0.2) is 9.37 Å². The molecule has 0 saturated heterocycles. The van der Waals surface area contributed by atoms with Crippen molar-refractivity contribution in [3.63, 3.8) is 0 Å². The molecule has 0 aliphatic rings. The SMILES string of the molecule is C=C(CCc1ccc(F)cc1C(C)C(C)C)c1ccc(F)nc1. The number of benzene rings is 1. The normalized spacial score (nSPS) is 12.4. The number of aromatic nitrogens is 1. The van der Waals surface area contributed by atoms with E-state index >= 15 is 0 Å². The smallest absolute Gasteiger partial charge is 0.212 e. The van der Waals surface area contributed by atoms with Crippen LogP contribution in [0.25, 0.3) is 5.57 Å². The summed E-state index contributed by atoms with van der Waals surface area (Å²) in [7, 11) is 0. The minimum absolute atomic E-state index is 0.196. The highest BCUT2D eigenvalue weighted by Crippen LogP contribution is 2.29. The number of allylic oxidation sites excluding steroid dienone is 1. The van der Waals surface area contributed by atoms with Crippen LogP contribution in [0.1, 0.15) is 49.8 Å². The molecular formula is C20H23F2N. The second-order valence-corrected chi connectivity index (χ2v) is 6.35. The third kappa shape index (κ3) is 4.47. The number of hydrogen-bond donors (Lipinski definition) is 0. The molecule has 2 aromatic rings. The van der Waals surface area contributed by atoms with Crippen molar-refractivity contribution < 1.29 is 8.78 Å². The molecule has 0 amide bonds. The van der Waals surface area contributed by atoms with Crippen molar-refractivity contribution in [1.29, 1.82) is 0 Å². The highest BCUT2D eigenvalue weighted by molar-refractivity contribution is 5.62. The van der Waals surface area contributed by atoms with Gasteiger partial charge in [0, 0.05) is 6.20 Å². The van der Waals surface area contributed by atoms with Crippen LogP contribution in [0.2, 0.25) is 0 Å². The Hall–Kier alpha value is -2.03. The van der Waals surface area contributed by atoms with Crippen LogP contribution in [0.3, 0.4) is 0 Å². The Morgan fingerprint density at radius 2 is 1.87 bits per heavy atom. The summed E-state index contributed by atoms with van der Waals surface area (Å²) in [5, 5.41) is 0. The van der Waals surface area contributed by atoms with Gasteiger partial charge >= 0.3 is 0 Å². The molecule has 0 radical (unpaired) electrons. The lowest BCUT2D eigenvalue weighted by Gasteiger charge is -2.20. The van der Waals surface area contributed by atoms with Gasteiger partial charge in [-0.3, -0.25) is 0 Å². The third-order valence-corrected chi connectivity index (χ3v) is 4.43. The molecule has 1 unspecified atom stereocenters. The van der Waals surface area contributed by atoms with E-state index in [1.807, 2.05) is 6.07 Å². The van der Waals surface area contributed by atoms with E-state index in [4.69, 9.17) is 0 Å². The summed E-state index contributed by atoms with van der Waals surface area (Å²) in [4.78, 5) is 3.66. The molecule has 1 nitrogen and oxygen atoms in total. The zero-order chi connectivity index (χ0) is 17.0. The fourth-order valence-corrected chi connectivity index (χ4v) is 2.59. The molecule has 0 aliphatic heterocycles. The van der Waals surface area contributed by atoms with Gasteiger partial charge in [-0.1, -0.05) is 33.4 Å². The van der Waals surface area contributed by atoms with E-state index in [1.54, 1.807) is 12.1 Å². The van der Waals surface area contributed by atoms with Crippen LogP contribution in [0, 0.1) is 17.7 Å². The minimum atomic E-state index is -0.492. The third-order valence-electron chi connectivity index (χ3n) is 4.43. The lowest BCUT2D eigenvalue weighted by molar-refractivity contribution is 0.525. The van der Waals surface area contributed by atoms with E-state index < -0.39 is 5.95 Å². The van der Waals surface area contributed by atoms with Crippen molar-refractivity contribution in [2.75, 3.05) is 0 Å². The molecule has 1 aromatic carbocycles. The van der Waals surface area contributed by atoms with Crippen LogP contribution < -0.4 is 0 Å². The second kappa shape index (κ2) is 7.49. The van der Waals surface area contributed by atoms with Gasteiger partial charge in [0.15, 0.2) is 0 Å². The summed E-state index contributed by atoms with van der Waals surface area (Å²) in [6, 6.07) is 8.04. The quantitative estimate of drug-likeness (QED) is 0.617. The van der Waals surface area contributed by atoms with Crippen LogP contribution >= 0.6 is 0 Å². The summed E-state index contributed by atoms with van der Waals surface area (Å²) in [6.07, 6.45) is 3.01. The summed E-state index contributed by atoms with van der Waals surface area (Å²) >= 11 is 0. The largest absolute Gasteiger partial charge is 0.228 e. The Balaban J connectivity index is 2.14. The van der Waals surface area contributed by atoms with Gasteiger partial charge in [0.1, 0.15) is 5.82 Å². The van der Waals surface area contributed by atoms with Gasteiger partial charge < -0.3 is 0 Å². The number of aryl methyl sites for hydroxylation is 1. The van der Waals surface area contributed by atoms with Crippen molar-refractivity contribution in [1.82, 2.24) is 4.98 Å². The lowest BCUT2D eigenvalue weighted by atomic mass is 9.85. The zero-order valence-corrected chi connectivity index (χ0v) is 13.9. The Labute approximate surface area is 137 Å². The van der Waals surface area contributed by atoms with Crippen molar-refractivity contribution in [2.45, 2.75) is 39.5 Å². The average molecular weight is 315 g/mol. The molecule has 0 aliphatic carbocycles. The Kier molecular flexibility index (Phi) is 5.64. The molecule has 23 heavy (non-hydrogen) atoms. The minimum Gasteiger partial charge on any atom is -0.228 e. The standard InChI is InChI=1S/C20H23F2N/c1-13(2)15(4)19-11-18(21)9-7-16(19)6-5-14(3)17-8-10-20(22)23-12-17/h7-13,15H,3,5-6H2,1-2,4H3. The fourth-order valence-electron chi connectivity index (χ4n) is 2.59. The van der Waals surface area contributed by atoms with Gasteiger partial charge in [-0.2, -0.15) is 4.39 Å². The first-order valence-corrected chi connectivity index (χ1v) is 7.96. The van der Waals surface area contributed by atoms with Gasteiger partial charge in [0.05, 0.1) is 0 Å². The van der Waals surface area contributed by atoms with E-state index in [2.05, 4.69) is 32.3 Å². The first kappa shape index (κ1) is 17.3. The van der Waals surface area contributed by atoms with Gasteiger partial charge in [0.2, 0.25) is 5.95 Å². The maximum atomic E-state index is 13.6. The van der Waals surface area contributed by atoms with Crippen molar-refractivity contribution in [2.24, 2.45) is 5.92 Å². The van der Waals surface area contributed by atoms with Crippen molar-refractivity contribution >= 4 is 5.57 Å². The van der Waals surface area contributed by atoms with Crippen LogP contribution in [0.5, 0.6) is 0 Å². The van der Waals surface area contributed by atoms with Crippen LogP contribution in [-0.2, 0) is 6.42 Å². The maximum Gasteiger partial charge on any atom is 0.212 e. The molecule has 2 rings (SSSR count). The van der Waals surface area contributed by atoms with E-state index in [0.717, 1.165) is 35.1 Å². The molecule has 3 heteroatoms. The predicted molar refractivity (Wildman–Crippen MR) is 91.2 cm³/mol. The van der Waals surface area contributed by atoms with Crippen LogP contribution in [-0.4, -0.2) is 4.98 Å². The Morgan fingerprint density at radius 1 is 1.13 bits per heavy atom. The first-order valence-electron chi connectivity index (χ1n) is 7.96. The van der Waals surface area contributed by atoms with Crippen LogP contribution in [0.4, 0.5) is 8.78 Å². The number of nitrogens with zero attached hydrogens (tertiary/aromatic N) is 1. The molecule has 122 valence electrons. The van der Waals surface area contributed by atoms with Gasteiger partial charge in [0.25, 0.3) is 0 Å². The number of pyridine rings is 1. The molecule has 1 aromatic heterocycles. The molecule has 0 bridgehead atoms. The van der Waals surface area contributed by atoms with Gasteiger partial charge in [-0.05, 0) is 71.2 Å². The van der Waals surface area contributed by atoms with Gasteiger partial charge in [-0.15, -0.1) is 0 Å². The van der Waals surface area contributed by atoms with E-state index in [-0.39, 0.29) is 5.82 Å². The molecule has 1 heterocycles. The number of hydrogen-bond acceptors (Lipinski definition) is 1. The van der Waals surface area contributed by atoms with E-state index in [9.17, 15) is 8.78 Å². The monoisotopic (exact) mass is 315 g/mol. The summed E-state index contributed by atoms with van der Waals surface area (Å²) in [5.41, 5.74) is 3.95. The Morgan fingerprint density at radius 3 is 2.48 bits per heavy atom. The highest BCUT2D eigenvalue weighted by Gasteiger charge is 2.15. The molecule has 0 spiro atoms. The molecule has 0 saturated carbocycles. The fraction of sp³-hybridized carbons (Fsp3) is 0.350. The van der Waals surface area contributed by atoms with Crippen LogP contribution in [0.15, 0.2) is 43.1 Å². The topological polar surface area (TPSA) is 12.9 Å². The molecule has 0 N–H and O–H groups in total. The summed E-state index contributed by atoms with van der Waals surface area (Å²) in [5.74, 6) is 0.0486. The summed E-state index contributed by atoms with van der Waals surface area (Å²) in [6.45, 7) is 10.5. The Bertz CT molecular complexity index is 675. The molecular weight excluding hydrogens is 292 g/mol. The van der Waals surface area contributed by atoms with E-state index in [1.165, 1.54) is 18.3 Å². The second-order valence-electron chi connectivity index (χ2n) is 6.35. The van der Waals surface area contributed by atoms with E-state index in [0.29, 0.717) is 11.8 Å². The predicted octanol–water partition coefficient (Wildman–Crippen LogP) is 5.77. The summed E-state index contributed by atoms with van der Waals surface area (Å²) < 4.78 is 26.5. The first-order chi connectivity index (χ1) is 10.9. The zero-order valence-electron chi connectivity index (χ0n) is 13.9. The lowest BCUT2D eigenvalue weighted by Crippen LogP contribution is -2.06. The molecule has 0 fully saturated rings. The maximum absolute atomic E-state index is 13.6. The average Bonchev–Trinajstić information content (AvgIpc) is 2.53. The molecule has 1 atom stereocenters.